The Labute approximate surface area is 123 Å². The second kappa shape index (κ2) is 6.59. The highest BCUT2D eigenvalue weighted by Gasteiger charge is 2.32. The van der Waals surface area contributed by atoms with E-state index in [1.807, 2.05) is 0 Å². The average Bonchev–Trinajstić information content (AvgIpc) is 2.48. The fourth-order valence-corrected chi connectivity index (χ4v) is 2.91. The van der Waals surface area contributed by atoms with Crippen molar-refractivity contribution in [1.29, 1.82) is 0 Å². The van der Waals surface area contributed by atoms with Gasteiger partial charge in [0, 0.05) is 31.9 Å². The van der Waals surface area contributed by atoms with Crippen molar-refractivity contribution in [3.8, 4) is 0 Å². The third kappa shape index (κ3) is 3.74. The molecule has 1 saturated carbocycles. The lowest BCUT2D eigenvalue weighted by molar-refractivity contribution is 0.104. The standard InChI is InChI=1S/C17H28N2O/c1-14-8-10-17(13-20,11-9-14)18-12-15-4-6-16(7-5-15)19(2)3/h4-7,14,18,20H,8-13H2,1-3H3. The van der Waals surface area contributed by atoms with Gasteiger partial charge >= 0.3 is 0 Å². The first-order chi connectivity index (χ1) is 9.54. The molecule has 0 amide bonds. The van der Waals surface area contributed by atoms with Gasteiger partial charge in [0.25, 0.3) is 0 Å². The van der Waals surface area contributed by atoms with Crippen molar-refractivity contribution in [3.63, 3.8) is 0 Å². The second-order valence-corrected chi connectivity index (χ2v) is 6.54. The molecule has 3 nitrogen and oxygen atoms in total. The van der Waals surface area contributed by atoms with Crippen LogP contribution in [0.25, 0.3) is 0 Å². The molecule has 2 N–H and O–H groups in total. The molecule has 1 aromatic rings. The quantitative estimate of drug-likeness (QED) is 0.868. The minimum Gasteiger partial charge on any atom is -0.394 e. The molecule has 0 saturated heterocycles. The molecule has 1 fully saturated rings. The summed E-state index contributed by atoms with van der Waals surface area (Å²) in [6.45, 7) is 3.39. The van der Waals surface area contributed by atoms with Gasteiger partial charge in [0.05, 0.1) is 6.61 Å². The lowest BCUT2D eigenvalue weighted by atomic mass is 9.77. The van der Waals surface area contributed by atoms with Gasteiger partial charge in [-0.2, -0.15) is 0 Å². The van der Waals surface area contributed by atoms with E-state index in [0.29, 0.717) is 0 Å². The summed E-state index contributed by atoms with van der Waals surface area (Å²) in [5, 5.41) is 13.4. The summed E-state index contributed by atoms with van der Waals surface area (Å²) in [6, 6.07) is 8.62. The highest BCUT2D eigenvalue weighted by molar-refractivity contribution is 5.45. The molecule has 0 atom stereocenters. The largest absolute Gasteiger partial charge is 0.394 e. The third-order valence-corrected chi connectivity index (χ3v) is 4.65. The number of aliphatic hydroxyl groups is 1. The Morgan fingerprint density at radius 3 is 2.30 bits per heavy atom. The minimum atomic E-state index is -0.0628. The van der Waals surface area contributed by atoms with Crippen molar-refractivity contribution >= 4 is 5.69 Å². The lowest BCUT2D eigenvalue weighted by Crippen LogP contribution is -2.50. The summed E-state index contributed by atoms with van der Waals surface area (Å²) >= 11 is 0. The van der Waals surface area contributed by atoms with Crippen LogP contribution in [0, 0.1) is 5.92 Å². The Balaban J connectivity index is 1.93. The Morgan fingerprint density at radius 2 is 1.80 bits per heavy atom. The minimum absolute atomic E-state index is 0.0628. The first-order valence-corrected chi connectivity index (χ1v) is 7.67. The zero-order valence-electron chi connectivity index (χ0n) is 13.0. The summed E-state index contributed by atoms with van der Waals surface area (Å²) in [4.78, 5) is 2.11. The predicted octanol–water partition coefficient (Wildman–Crippen LogP) is 2.78. The van der Waals surface area contributed by atoms with Crippen LogP contribution in [-0.4, -0.2) is 31.3 Å². The van der Waals surface area contributed by atoms with Crippen molar-refractivity contribution in [2.45, 2.75) is 44.7 Å². The van der Waals surface area contributed by atoms with Crippen LogP contribution in [0.15, 0.2) is 24.3 Å². The van der Waals surface area contributed by atoms with Crippen molar-refractivity contribution in [2.75, 3.05) is 25.6 Å². The van der Waals surface area contributed by atoms with Gasteiger partial charge in [0.15, 0.2) is 0 Å². The van der Waals surface area contributed by atoms with Crippen molar-refractivity contribution in [2.24, 2.45) is 5.92 Å². The van der Waals surface area contributed by atoms with Crippen LogP contribution in [0.2, 0.25) is 0 Å². The summed E-state index contributed by atoms with van der Waals surface area (Å²) in [5.41, 5.74) is 2.44. The molecule has 0 bridgehead atoms. The van der Waals surface area contributed by atoms with Gasteiger partial charge < -0.3 is 15.3 Å². The maximum absolute atomic E-state index is 9.75. The van der Waals surface area contributed by atoms with E-state index in [4.69, 9.17) is 0 Å². The number of anilines is 1. The molecule has 3 heteroatoms. The number of aliphatic hydroxyl groups excluding tert-OH is 1. The topological polar surface area (TPSA) is 35.5 Å². The number of hydrogen-bond donors (Lipinski definition) is 2. The third-order valence-electron chi connectivity index (χ3n) is 4.65. The molecule has 1 aliphatic rings. The molecule has 0 spiro atoms. The number of benzene rings is 1. The second-order valence-electron chi connectivity index (χ2n) is 6.54. The van der Waals surface area contributed by atoms with Crippen LogP contribution in [0.5, 0.6) is 0 Å². The van der Waals surface area contributed by atoms with E-state index in [2.05, 4.69) is 55.5 Å². The SMILES string of the molecule is CC1CCC(CO)(NCc2ccc(N(C)C)cc2)CC1. The summed E-state index contributed by atoms with van der Waals surface area (Å²) in [7, 11) is 4.11. The summed E-state index contributed by atoms with van der Waals surface area (Å²) < 4.78 is 0. The van der Waals surface area contributed by atoms with Gasteiger partial charge in [-0.3, -0.25) is 0 Å². The van der Waals surface area contributed by atoms with E-state index in [-0.39, 0.29) is 12.1 Å². The van der Waals surface area contributed by atoms with Crippen molar-refractivity contribution < 1.29 is 5.11 Å². The monoisotopic (exact) mass is 276 g/mol. The van der Waals surface area contributed by atoms with Crippen LogP contribution in [0.3, 0.4) is 0 Å². The Bertz CT molecular complexity index is 406. The maximum Gasteiger partial charge on any atom is 0.0613 e. The van der Waals surface area contributed by atoms with Gasteiger partial charge in [-0.05, 0) is 49.3 Å². The van der Waals surface area contributed by atoms with Crippen LogP contribution in [0.1, 0.15) is 38.2 Å². The molecule has 0 unspecified atom stereocenters. The van der Waals surface area contributed by atoms with Crippen LogP contribution >= 0.6 is 0 Å². The molecule has 0 aliphatic heterocycles. The molecule has 112 valence electrons. The smallest absolute Gasteiger partial charge is 0.0613 e. The van der Waals surface area contributed by atoms with E-state index in [1.54, 1.807) is 0 Å². The zero-order valence-corrected chi connectivity index (χ0v) is 13.0. The molecular formula is C17H28N2O. The zero-order chi connectivity index (χ0) is 14.6. The fraction of sp³-hybridized carbons (Fsp3) is 0.647. The Morgan fingerprint density at radius 1 is 1.20 bits per heavy atom. The van der Waals surface area contributed by atoms with E-state index >= 15 is 0 Å². The fourth-order valence-electron chi connectivity index (χ4n) is 2.91. The number of nitrogens with one attached hydrogen (secondary N) is 1. The molecular weight excluding hydrogens is 248 g/mol. The molecule has 20 heavy (non-hydrogen) atoms. The van der Waals surface area contributed by atoms with Crippen molar-refractivity contribution in [1.82, 2.24) is 5.32 Å². The highest BCUT2D eigenvalue weighted by Crippen LogP contribution is 2.31. The summed E-state index contributed by atoms with van der Waals surface area (Å²) in [6.07, 6.45) is 4.60. The van der Waals surface area contributed by atoms with Gasteiger partial charge in [0.2, 0.25) is 0 Å². The van der Waals surface area contributed by atoms with Crippen LogP contribution in [-0.2, 0) is 6.54 Å². The first-order valence-electron chi connectivity index (χ1n) is 7.67. The molecule has 1 aromatic carbocycles. The van der Waals surface area contributed by atoms with Crippen molar-refractivity contribution in [3.05, 3.63) is 29.8 Å². The van der Waals surface area contributed by atoms with E-state index in [9.17, 15) is 5.11 Å². The van der Waals surface area contributed by atoms with Crippen LogP contribution < -0.4 is 10.2 Å². The molecule has 1 aliphatic carbocycles. The summed E-state index contributed by atoms with van der Waals surface area (Å²) in [5.74, 6) is 0.802. The van der Waals surface area contributed by atoms with Gasteiger partial charge in [-0.1, -0.05) is 19.1 Å². The number of nitrogens with zero attached hydrogens (tertiary/aromatic N) is 1. The van der Waals surface area contributed by atoms with Gasteiger partial charge in [0.1, 0.15) is 0 Å². The van der Waals surface area contributed by atoms with E-state index in [0.717, 1.165) is 25.3 Å². The lowest BCUT2D eigenvalue weighted by Gasteiger charge is -2.39. The molecule has 0 radical (unpaired) electrons. The Hall–Kier alpha value is -1.06. The van der Waals surface area contributed by atoms with Gasteiger partial charge in [-0.25, -0.2) is 0 Å². The van der Waals surface area contributed by atoms with Crippen LogP contribution in [0.4, 0.5) is 5.69 Å². The molecule has 0 heterocycles. The van der Waals surface area contributed by atoms with E-state index < -0.39 is 0 Å². The molecule has 0 aromatic heterocycles. The average molecular weight is 276 g/mol. The predicted molar refractivity (Wildman–Crippen MR) is 85.1 cm³/mol. The Kier molecular flexibility index (Phi) is 5.06. The highest BCUT2D eigenvalue weighted by atomic mass is 16.3. The van der Waals surface area contributed by atoms with Gasteiger partial charge in [-0.15, -0.1) is 0 Å². The number of rotatable bonds is 5. The normalized spacial score (nSPS) is 26.5. The first kappa shape index (κ1) is 15.3. The maximum atomic E-state index is 9.75. The number of hydrogen-bond acceptors (Lipinski definition) is 3. The van der Waals surface area contributed by atoms with E-state index in [1.165, 1.54) is 24.1 Å². The molecule has 2 rings (SSSR count).